The highest BCUT2D eigenvalue weighted by molar-refractivity contribution is 5.90. The average molecular weight is 641 g/mol. The molecule has 3 heterocycles. The van der Waals surface area contributed by atoms with E-state index in [2.05, 4.69) is 5.32 Å². The SMILES string of the molecule is COc1ccc2c(c1OC)CO[C@@H]2[C@H]1c2c(cc3c(c2OC)OCO3)CCN1C(=O)Nc1cc(C(F)(F)F)cc(C(F)(F)F)c1. The number of hydrogen-bond donors (Lipinski definition) is 1. The summed E-state index contributed by atoms with van der Waals surface area (Å²) in [5, 5.41) is 2.27. The molecule has 3 aromatic rings. The van der Waals surface area contributed by atoms with Gasteiger partial charge in [-0.1, -0.05) is 6.07 Å². The van der Waals surface area contributed by atoms with Crippen molar-refractivity contribution in [2.45, 2.75) is 37.5 Å². The predicted octanol–water partition coefficient (Wildman–Crippen LogP) is 6.88. The number of anilines is 1. The van der Waals surface area contributed by atoms with Crippen molar-refractivity contribution in [2.75, 3.05) is 40.0 Å². The van der Waals surface area contributed by atoms with Crippen LogP contribution >= 0.6 is 0 Å². The summed E-state index contributed by atoms with van der Waals surface area (Å²) in [6.45, 7) is 0.0251. The summed E-state index contributed by atoms with van der Waals surface area (Å²) in [4.78, 5) is 15.2. The van der Waals surface area contributed by atoms with Gasteiger partial charge in [0.2, 0.25) is 12.5 Å². The van der Waals surface area contributed by atoms with Crippen molar-refractivity contribution in [1.82, 2.24) is 4.90 Å². The van der Waals surface area contributed by atoms with Gasteiger partial charge >= 0.3 is 18.4 Å². The fourth-order valence-corrected chi connectivity index (χ4v) is 6.06. The molecule has 9 nitrogen and oxygen atoms in total. The molecule has 2 amide bonds. The van der Waals surface area contributed by atoms with Crippen LogP contribution in [0.1, 0.15) is 45.5 Å². The lowest BCUT2D eigenvalue weighted by Crippen LogP contribution is -2.45. The molecule has 240 valence electrons. The number of nitrogens with zero attached hydrogens (tertiary/aromatic N) is 1. The van der Waals surface area contributed by atoms with Gasteiger partial charge in [0.15, 0.2) is 23.0 Å². The number of halogens is 6. The van der Waals surface area contributed by atoms with Gasteiger partial charge in [0, 0.05) is 23.4 Å². The summed E-state index contributed by atoms with van der Waals surface area (Å²) in [7, 11) is 4.35. The van der Waals surface area contributed by atoms with Crippen LogP contribution in [0.2, 0.25) is 0 Å². The molecule has 2 atom stereocenters. The maximum atomic E-state index is 13.9. The van der Waals surface area contributed by atoms with E-state index in [1.807, 2.05) is 0 Å². The van der Waals surface area contributed by atoms with Crippen molar-refractivity contribution in [3.05, 3.63) is 69.8 Å². The van der Waals surface area contributed by atoms with Crippen molar-refractivity contribution in [3.63, 3.8) is 0 Å². The van der Waals surface area contributed by atoms with Crippen LogP contribution in [0.3, 0.4) is 0 Å². The molecule has 0 aromatic heterocycles. The summed E-state index contributed by atoms with van der Waals surface area (Å²) in [6.07, 6.45) is -10.8. The third-order valence-corrected chi connectivity index (χ3v) is 7.99. The molecule has 0 aliphatic carbocycles. The Bertz CT molecular complexity index is 1630. The summed E-state index contributed by atoms with van der Waals surface area (Å²) >= 11 is 0. The van der Waals surface area contributed by atoms with Gasteiger partial charge in [-0.25, -0.2) is 4.79 Å². The van der Waals surface area contributed by atoms with Crippen LogP contribution in [-0.4, -0.2) is 45.6 Å². The maximum absolute atomic E-state index is 13.9. The fourth-order valence-electron chi connectivity index (χ4n) is 6.06. The first-order valence-electron chi connectivity index (χ1n) is 13.6. The topological polar surface area (TPSA) is 87.7 Å². The second-order valence-corrected chi connectivity index (χ2v) is 10.4. The number of ether oxygens (including phenoxy) is 6. The van der Waals surface area contributed by atoms with Gasteiger partial charge in [0.1, 0.15) is 6.10 Å². The Labute approximate surface area is 252 Å². The van der Waals surface area contributed by atoms with E-state index in [4.69, 9.17) is 28.4 Å². The number of nitrogens with one attached hydrogen (secondary N) is 1. The molecule has 0 spiro atoms. The van der Waals surface area contributed by atoms with Crippen molar-refractivity contribution >= 4 is 11.7 Å². The molecule has 0 unspecified atom stereocenters. The van der Waals surface area contributed by atoms with Gasteiger partial charge in [-0.2, -0.15) is 26.3 Å². The highest BCUT2D eigenvalue weighted by Gasteiger charge is 2.46. The lowest BCUT2D eigenvalue weighted by atomic mass is 9.85. The molecule has 0 bridgehead atoms. The third-order valence-electron chi connectivity index (χ3n) is 7.99. The van der Waals surface area contributed by atoms with Crippen LogP contribution in [-0.2, 0) is 30.1 Å². The Morgan fingerprint density at radius 3 is 2.22 bits per heavy atom. The van der Waals surface area contributed by atoms with E-state index in [0.29, 0.717) is 51.8 Å². The second-order valence-electron chi connectivity index (χ2n) is 10.4. The highest BCUT2D eigenvalue weighted by atomic mass is 19.4. The van der Waals surface area contributed by atoms with Crippen LogP contribution < -0.4 is 29.0 Å². The Balaban J connectivity index is 1.46. The van der Waals surface area contributed by atoms with Gasteiger partial charge in [0.05, 0.1) is 45.1 Å². The molecule has 0 fully saturated rings. The summed E-state index contributed by atoms with van der Waals surface area (Å²) < 4.78 is 116. The largest absolute Gasteiger partial charge is 0.493 e. The predicted molar refractivity (Wildman–Crippen MR) is 145 cm³/mol. The van der Waals surface area contributed by atoms with Crippen molar-refractivity contribution < 1.29 is 59.6 Å². The zero-order chi connectivity index (χ0) is 32.3. The molecule has 3 aliphatic rings. The number of benzene rings is 3. The standard InChI is InChI=1S/C30H26F6N2O7/c1-40-20-5-4-18-19(24(20)41-2)12-43-25(18)23-22-14(8-21-26(27(22)42-3)45-13-44-21)6-7-38(23)28(39)37-17-10-15(29(31,32)33)9-16(11-17)30(34,35)36/h4-5,8-11,23,25H,6-7,12-13H2,1-3H3,(H,37,39)/t23-,25+/m1/s1. The Kier molecular flexibility index (Phi) is 7.54. The Morgan fingerprint density at radius 1 is 0.911 bits per heavy atom. The lowest BCUT2D eigenvalue weighted by Gasteiger charge is -2.41. The van der Waals surface area contributed by atoms with Crippen LogP contribution in [0, 0.1) is 0 Å². The first-order valence-corrected chi connectivity index (χ1v) is 13.6. The lowest BCUT2D eigenvalue weighted by molar-refractivity contribution is -0.143. The fraction of sp³-hybridized carbons (Fsp3) is 0.367. The van der Waals surface area contributed by atoms with E-state index in [1.165, 1.54) is 26.2 Å². The zero-order valence-electron chi connectivity index (χ0n) is 24.0. The molecule has 45 heavy (non-hydrogen) atoms. The number of rotatable bonds is 5. The molecule has 3 aliphatic heterocycles. The van der Waals surface area contributed by atoms with E-state index in [0.717, 1.165) is 5.56 Å². The summed E-state index contributed by atoms with van der Waals surface area (Å²) in [5.41, 5.74) is -1.27. The number of urea groups is 1. The van der Waals surface area contributed by atoms with Crippen molar-refractivity contribution in [3.8, 4) is 28.7 Å². The molecule has 0 saturated heterocycles. The summed E-state index contributed by atoms with van der Waals surface area (Å²) in [6, 6.07) is 4.17. The van der Waals surface area contributed by atoms with Crippen LogP contribution in [0.4, 0.5) is 36.8 Å². The minimum atomic E-state index is -5.09. The number of amides is 2. The average Bonchev–Trinajstić information content (AvgIpc) is 3.64. The van der Waals surface area contributed by atoms with Crippen LogP contribution in [0.5, 0.6) is 28.7 Å². The molecule has 0 saturated carbocycles. The molecular formula is C30H26F6N2O7. The first kappa shape index (κ1) is 30.5. The molecule has 0 radical (unpaired) electrons. The third kappa shape index (κ3) is 5.28. The number of carbonyl (C=O) groups is 1. The van der Waals surface area contributed by atoms with E-state index >= 15 is 0 Å². The minimum Gasteiger partial charge on any atom is -0.493 e. The van der Waals surface area contributed by atoms with E-state index in [-0.39, 0.29) is 38.2 Å². The van der Waals surface area contributed by atoms with Crippen LogP contribution in [0.25, 0.3) is 0 Å². The smallest absolute Gasteiger partial charge is 0.416 e. The monoisotopic (exact) mass is 640 g/mol. The quantitative estimate of drug-likeness (QED) is 0.304. The van der Waals surface area contributed by atoms with Crippen LogP contribution in [0.15, 0.2) is 36.4 Å². The maximum Gasteiger partial charge on any atom is 0.416 e. The van der Waals surface area contributed by atoms with Gasteiger partial charge in [-0.15, -0.1) is 0 Å². The molecule has 15 heteroatoms. The highest BCUT2D eigenvalue weighted by Crippen LogP contribution is 2.55. The number of carbonyl (C=O) groups excluding carboxylic acids is 1. The molecule has 1 N–H and O–H groups in total. The second kappa shape index (κ2) is 11.1. The Morgan fingerprint density at radius 2 is 1.60 bits per heavy atom. The van der Waals surface area contributed by atoms with Gasteiger partial charge in [-0.05, 0) is 47.9 Å². The van der Waals surface area contributed by atoms with E-state index < -0.39 is 47.3 Å². The number of methoxy groups -OCH3 is 3. The zero-order valence-corrected chi connectivity index (χ0v) is 24.0. The van der Waals surface area contributed by atoms with Crippen molar-refractivity contribution in [2.24, 2.45) is 0 Å². The number of hydrogen-bond acceptors (Lipinski definition) is 7. The normalized spacial score (nSPS) is 18.7. The van der Waals surface area contributed by atoms with E-state index in [1.54, 1.807) is 18.2 Å². The van der Waals surface area contributed by atoms with Gasteiger partial charge < -0.3 is 38.6 Å². The van der Waals surface area contributed by atoms with Crippen molar-refractivity contribution in [1.29, 1.82) is 0 Å². The van der Waals surface area contributed by atoms with Gasteiger partial charge in [-0.3, -0.25) is 0 Å². The minimum absolute atomic E-state index is 0.00588. The first-order chi connectivity index (χ1) is 21.3. The van der Waals surface area contributed by atoms with Gasteiger partial charge in [0.25, 0.3) is 0 Å². The number of fused-ring (bicyclic) bond motifs is 3. The Hall–Kier alpha value is -4.53. The molecular weight excluding hydrogens is 614 g/mol. The molecule has 3 aromatic carbocycles. The summed E-state index contributed by atoms with van der Waals surface area (Å²) in [5.74, 6) is 1.86. The number of alkyl halides is 6. The molecule has 6 rings (SSSR count). The van der Waals surface area contributed by atoms with E-state index in [9.17, 15) is 31.1 Å².